The Morgan fingerprint density at radius 3 is 2.63 bits per heavy atom. The minimum atomic E-state index is -3.79. The van der Waals surface area contributed by atoms with Crippen molar-refractivity contribution in [1.29, 1.82) is 0 Å². The van der Waals surface area contributed by atoms with Crippen molar-refractivity contribution in [1.82, 2.24) is 9.21 Å². The minimum Gasteiger partial charge on any atom is -0.487 e. The van der Waals surface area contributed by atoms with Crippen LogP contribution in [-0.4, -0.2) is 61.6 Å². The number of sulfonamides is 1. The van der Waals surface area contributed by atoms with Crippen LogP contribution in [0.15, 0.2) is 57.9 Å². The van der Waals surface area contributed by atoms with Gasteiger partial charge in [-0.2, -0.15) is 4.31 Å². The Hall–Kier alpha value is -1.45. The first kappa shape index (κ1) is 23.2. The number of hydrogen-bond acceptors (Lipinski definition) is 5. The normalized spacial score (nSPS) is 22.6. The Balaban J connectivity index is 1.92. The van der Waals surface area contributed by atoms with Crippen molar-refractivity contribution in [2.75, 3.05) is 26.7 Å². The minimum absolute atomic E-state index is 0.0703. The molecule has 8 heteroatoms. The number of halogens is 1. The first-order valence-corrected chi connectivity index (χ1v) is 12.3. The van der Waals surface area contributed by atoms with Gasteiger partial charge in [-0.05, 0) is 37.7 Å². The second kappa shape index (κ2) is 9.78. The van der Waals surface area contributed by atoms with Crippen LogP contribution in [0.3, 0.4) is 0 Å². The fourth-order valence-corrected chi connectivity index (χ4v) is 5.85. The van der Waals surface area contributed by atoms with E-state index < -0.39 is 16.1 Å². The lowest BCUT2D eigenvalue weighted by Crippen LogP contribution is -2.49. The van der Waals surface area contributed by atoms with E-state index in [0.29, 0.717) is 12.3 Å². The summed E-state index contributed by atoms with van der Waals surface area (Å²) < 4.78 is 35.1. The molecule has 3 rings (SSSR count). The van der Waals surface area contributed by atoms with Gasteiger partial charge in [0, 0.05) is 36.1 Å². The van der Waals surface area contributed by atoms with Gasteiger partial charge >= 0.3 is 0 Å². The smallest absolute Gasteiger partial charge is 0.247 e. The first-order chi connectivity index (χ1) is 14.2. The van der Waals surface area contributed by atoms with Gasteiger partial charge in [-0.1, -0.05) is 53.2 Å². The fraction of sp³-hybridized carbons (Fsp3) is 0.455. The van der Waals surface area contributed by atoms with Gasteiger partial charge in [0.15, 0.2) is 0 Å². The Morgan fingerprint density at radius 2 is 1.97 bits per heavy atom. The summed E-state index contributed by atoms with van der Waals surface area (Å²) in [6.45, 7) is 5.18. The molecule has 1 aliphatic heterocycles. The van der Waals surface area contributed by atoms with E-state index in [4.69, 9.17) is 4.74 Å². The number of aliphatic hydroxyl groups is 1. The summed E-state index contributed by atoms with van der Waals surface area (Å²) in [5.74, 6) is 0.267. The molecule has 0 amide bonds. The van der Waals surface area contributed by atoms with Crippen molar-refractivity contribution in [3.63, 3.8) is 0 Å². The van der Waals surface area contributed by atoms with Crippen LogP contribution in [0.25, 0.3) is 0 Å². The monoisotopic (exact) mass is 496 g/mol. The summed E-state index contributed by atoms with van der Waals surface area (Å²) in [4.78, 5) is 2.32. The highest BCUT2D eigenvalue weighted by atomic mass is 79.9. The van der Waals surface area contributed by atoms with E-state index in [-0.39, 0.29) is 30.1 Å². The number of hydrogen-bond donors (Lipinski definition) is 1. The van der Waals surface area contributed by atoms with E-state index in [1.165, 1.54) is 9.87 Å². The second-order valence-electron chi connectivity index (χ2n) is 8.01. The van der Waals surface area contributed by atoms with Crippen molar-refractivity contribution in [3.05, 3.63) is 58.6 Å². The molecule has 3 atom stereocenters. The molecule has 2 aromatic rings. The molecule has 0 fully saturated rings. The molecule has 0 unspecified atom stereocenters. The number of ether oxygens (including phenoxy) is 1. The fourth-order valence-electron chi connectivity index (χ4n) is 3.68. The summed E-state index contributed by atoms with van der Waals surface area (Å²) in [6.07, 6.45) is -0.212. The first-order valence-electron chi connectivity index (χ1n) is 10.0. The molecular formula is C22H29BrN2O4S. The van der Waals surface area contributed by atoms with Crippen LogP contribution >= 0.6 is 15.9 Å². The summed E-state index contributed by atoms with van der Waals surface area (Å²) in [5, 5.41) is 9.68. The lowest BCUT2D eigenvalue weighted by atomic mass is 10.0. The van der Waals surface area contributed by atoms with Gasteiger partial charge in [-0.3, -0.25) is 4.90 Å². The van der Waals surface area contributed by atoms with Crippen LogP contribution in [-0.2, 0) is 16.6 Å². The van der Waals surface area contributed by atoms with Crippen LogP contribution in [0.4, 0.5) is 0 Å². The molecule has 0 spiro atoms. The van der Waals surface area contributed by atoms with E-state index in [2.05, 4.69) is 33.0 Å². The summed E-state index contributed by atoms with van der Waals surface area (Å²) in [7, 11) is -1.75. The molecule has 0 aromatic heterocycles. The quantitative estimate of drug-likeness (QED) is 0.663. The lowest BCUT2D eigenvalue weighted by molar-refractivity contribution is 0.0733. The van der Waals surface area contributed by atoms with E-state index in [1.807, 2.05) is 32.2 Å². The number of nitrogens with zero attached hydrogens (tertiary/aromatic N) is 2. The van der Waals surface area contributed by atoms with Gasteiger partial charge in [0.05, 0.1) is 6.61 Å². The van der Waals surface area contributed by atoms with Crippen LogP contribution in [0.2, 0.25) is 0 Å². The predicted octanol–water partition coefficient (Wildman–Crippen LogP) is 3.35. The summed E-state index contributed by atoms with van der Waals surface area (Å²) in [6, 6.07) is 14.7. The standard InChI is InChI=1S/C22H29BrN2O4S/c1-16-12-25(17(2)15-26)30(27,28)22-10-9-19(23)11-20(22)29-21(16)14-24(3)13-18-7-5-4-6-8-18/h4-11,16-17,21,26H,12-15H2,1-3H3/t16-,17-,21-/m1/s1. The van der Waals surface area contributed by atoms with Crippen molar-refractivity contribution >= 4 is 26.0 Å². The van der Waals surface area contributed by atoms with Gasteiger partial charge in [0.1, 0.15) is 16.7 Å². The molecular weight excluding hydrogens is 468 g/mol. The highest BCUT2D eigenvalue weighted by molar-refractivity contribution is 9.10. The Bertz CT molecular complexity index is 955. The highest BCUT2D eigenvalue weighted by Crippen LogP contribution is 2.35. The maximum absolute atomic E-state index is 13.3. The van der Waals surface area contributed by atoms with Gasteiger partial charge in [0.2, 0.25) is 10.0 Å². The Morgan fingerprint density at radius 1 is 1.27 bits per heavy atom. The molecule has 1 heterocycles. The predicted molar refractivity (Wildman–Crippen MR) is 121 cm³/mol. The SMILES string of the molecule is C[C@@H]1CN([C@H](C)CO)S(=O)(=O)c2ccc(Br)cc2O[C@@H]1CN(C)Cc1ccccc1. The molecule has 30 heavy (non-hydrogen) atoms. The lowest BCUT2D eigenvalue weighted by Gasteiger charge is -2.37. The van der Waals surface area contributed by atoms with Crippen LogP contribution in [0.1, 0.15) is 19.4 Å². The molecule has 0 radical (unpaired) electrons. The van der Waals surface area contributed by atoms with Crippen molar-refractivity contribution in [2.24, 2.45) is 5.92 Å². The van der Waals surface area contributed by atoms with E-state index in [1.54, 1.807) is 25.1 Å². The zero-order valence-electron chi connectivity index (χ0n) is 17.5. The number of benzene rings is 2. The topological polar surface area (TPSA) is 70.1 Å². The van der Waals surface area contributed by atoms with E-state index in [0.717, 1.165) is 11.0 Å². The molecule has 0 saturated carbocycles. The number of likely N-dealkylation sites (N-methyl/N-ethyl adjacent to an activating group) is 1. The molecule has 1 N–H and O–H groups in total. The number of rotatable bonds is 6. The van der Waals surface area contributed by atoms with Crippen molar-refractivity contribution < 1.29 is 18.3 Å². The zero-order chi connectivity index (χ0) is 21.9. The molecule has 6 nitrogen and oxygen atoms in total. The van der Waals surface area contributed by atoms with Gasteiger partial charge in [-0.15, -0.1) is 0 Å². The van der Waals surface area contributed by atoms with Crippen LogP contribution in [0.5, 0.6) is 5.75 Å². The maximum atomic E-state index is 13.3. The Labute approximate surface area is 187 Å². The van der Waals surface area contributed by atoms with Gasteiger partial charge in [0.25, 0.3) is 0 Å². The number of fused-ring (bicyclic) bond motifs is 1. The number of aliphatic hydroxyl groups excluding tert-OH is 1. The largest absolute Gasteiger partial charge is 0.487 e. The third-order valence-corrected chi connectivity index (χ3v) is 7.93. The third kappa shape index (κ3) is 5.23. The molecule has 0 saturated heterocycles. The summed E-state index contributed by atoms with van der Waals surface area (Å²) >= 11 is 3.42. The summed E-state index contributed by atoms with van der Waals surface area (Å²) in [5.41, 5.74) is 1.21. The third-order valence-electron chi connectivity index (χ3n) is 5.42. The Kier molecular flexibility index (Phi) is 7.57. The van der Waals surface area contributed by atoms with E-state index in [9.17, 15) is 13.5 Å². The van der Waals surface area contributed by atoms with Crippen molar-refractivity contribution in [2.45, 2.75) is 37.4 Å². The van der Waals surface area contributed by atoms with Crippen LogP contribution < -0.4 is 4.74 Å². The highest BCUT2D eigenvalue weighted by Gasteiger charge is 2.38. The molecule has 164 valence electrons. The molecule has 0 aliphatic carbocycles. The average Bonchev–Trinajstić information content (AvgIpc) is 2.70. The van der Waals surface area contributed by atoms with E-state index >= 15 is 0 Å². The second-order valence-corrected chi connectivity index (χ2v) is 10.8. The molecule has 2 aromatic carbocycles. The molecule has 1 aliphatic rings. The maximum Gasteiger partial charge on any atom is 0.247 e. The zero-order valence-corrected chi connectivity index (χ0v) is 19.9. The average molecular weight is 497 g/mol. The van der Waals surface area contributed by atoms with Crippen molar-refractivity contribution in [3.8, 4) is 5.75 Å². The van der Waals surface area contributed by atoms with Gasteiger partial charge in [-0.25, -0.2) is 8.42 Å². The van der Waals surface area contributed by atoms with Gasteiger partial charge < -0.3 is 9.84 Å². The molecule has 0 bridgehead atoms. The van der Waals surface area contributed by atoms with Crippen LogP contribution in [0, 0.1) is 5.92 Å².